The Labute approximate surface area is 146 Å². The van der Waals surface area contributed by atoms with Crippen LogP contribution in [0.15, 0.2) is 42.5 Å². The van der Waals surface area contributed by atoms with Crippen molar-refractivity contribution in [3.63, 3.8) is 0 Å². The molecule has 3 aromatic rings. The number of phenols is 1. The number of benzene rings is 2. The molecule has 1 heterocycles. The zero-order valence-corrected chi connectivity index (χ0v) is 14.5. The van der Waals surface area contributed by atoms with Crippen molar-refractivity contribution in [1.29, 1.82) is 0 Å². The fraction of sp³-hybridized carbons (Fsp3) is 0.250. The van der Waals surface area contributed by atoms with E-state index >= 15 is 0 Å². The summed E-state index contributed by atoms with van der Waals surface area (Å²) in [4.78, 5) is 14.9. The third-order valence-electron chi connectivity index (χ3n) is 3.94. The van der Waals surface area contributed by atoms with Crippen LogP contribution in [0.4, 0.5) is 0 Å². The van der Waals surface area contributed by atoms with E-state index in [0.717, 1.165) is 16.5 Å². The number of fused-ring (bicyclic) bond motifs is 1. The number of nitrogens with one attached hydrogen (secondary N) is 1. The molecule has 130 valence electrons. The van der Waals surface area contributed by atoms with Gasteiger partial charge in [0.1, 0.15) is 22.9 Å². The lowest BCUT2D eigenvalue weighted by Gasteiger charge is -2.11. The summed E-state index contributed by atoms with van der Waals surface area (Å²) in [7, 11) is 0. The maximum atomic E-state index is 11.8. The quantitative estimate of drug-likeness (QED) is 0.644. The first-order valence-electron chi connectivity index (χ1n) is 8.28. The summed E-state index contributed by atoms with van der Waals surface area (Å²) in [6, 6.07) is 12.5. The zero-order chi connectivity index (χ0) is 18.0. The Morgan fingerprint density at radius 3 is 2.56 bits per heavy atom. The molecule has 0 aliphatic carbocycles. The van der Waals surface area contributed by atoms with E-state index in [0.29, 0.717) is 23.8 Å². The lowest BCUT2D eigenvalue weighted by molar-refractivity contribution is 0.0520. The molecule has 0 unspecified atom stereocenters. The van der Waals surface area contributed by atoms with Crippen LogP contribution in [-0.4, -0.2) is 22.7 Å². The van der Waals surface area contributed by atoms with Gasteiger partial charge in [-0.15, -0.1) is 0 Å². The molecule has 0 aliphatic heterocycles. The number of H-pyrrole nitrogens is 1. The molecule has 0 bridgehead atoms. The van der Waals surface area contributed by atoms with E-state index in [1.807, 2.05) is 38.1 Å². The number of aromatic hydroxyl groups is 1. The van der Waals surface area contributed by atoms with Crippen LogP contribution >= 0.6 is 0 Å². The molecule has 0 saturated carbocycles. The van der Waals surface area contributed by atoms with Crippen LogP contribution in [0, 0.1) is 0 Å². The lowest BCUT2D eigenvalue weighted by Crippen LogP contribution is -2.04. The number of hydrogen-bond acceptors (Lipinski definition) is 4. The molecule has 0 atom stereocenters. The van der Waals surface area contributed by atoms with Crippen molar-refractivity contribution in [2.75, 3.05) is 6.61 Å². The summed E-state index contributed by atoms with van der Waals surface area (Å²) in [5.41, 5.74) is 2.09. The topological polar surface area (TPSA) is 71.6 Å². The normalized spacial score (nSPS) is 11.0. The van der Waals surface area contributed by atoms with Crippen LogP contribution in [0.2, 0.25) is 0 Å². The fourth-order valence-corrected chi connectivity index (χ4v) is 2.69. The second kappa shape index (κ2) is 6.89. The third kappa shape index (κ3) is 3.60. The summed E-state index contributed by atoms with van der Waals surface area (Å²) in [6.07, 6.45) is 0. The Balaban J connectivity index is 1.87. The van der Waals surface area contributed by atoms with E-state index in [-0.39, 0.29) is 17.6 Å². The third-order valence-corrected chi connectivity index (χ3v) is 3.94. The van der Waals surface area contributed by atoms with Gasteiger partial charge in [-0.25, -0.2) is 4.79 Å². The van der Waals surface area contributed by atoms with Crippen molar-refractivity contribution >= 4 is 16.9 Å². The van der Waals surface area contributed by atoms with Crippen molar-refractivity contribution in [3.05, 3.63) is 53.7 Å². The molecule has 2 N–H and O–H groups in total. The number of hydrogen-bond donors (Lipinski definition) is 2. The van der Waals surface area contributed by atoms with Gasteiger partial charge in [0, 0.05) is 16.5 Å². The molecule has 0 aliphatic rings. The largest absolute Gasteiger partial charge is 0.508 e. The van der Waals surface area contributed by atoms with Crippen molar-refractivity contribution in [2.24, 2.45) is 0 Å². The van der Waals surface area contributed by atoms with E-state index in [1.54, 1.807) is 25.1 Å². The fourth-order valence-electron chi connectivity index (χ4n) is 2.69. The molecule has 0 radical (unpaired) electrons. The highest BCUT2D eigenvalue weighted by atomic mass is 16.5. The molecule has 2 aromatic carbocycles. The second-order valence-corrected chi connectivity index (χ2v) is 6.13. The van der Waals surface area contributed by atoms with Crippen LogP contribution in [0.3, 0.4) is 0 Å². The Morgan fingerprint density at radius 1 is 1.12 bits per heavy atom. The van der Waals surface area contributed by atoms with Crippen LogP contribution in [0.25, 0.3) is 10.9 Å². The molecule has 0 fully saturated rings. The van der Waals surface area contributed by atoms with Gasteiger partial charge in [0.2, 0.25) is 0 Å². The first kappa shape index (κ1) is 16.9. The van der Waals surface area contributed by atoms with Crippen molar-refractivity contribution in [3.8, 4) is 17.2 Å². The summed E-state index contributed by atoms with van der Waals surface area (Å²) >= 11 is 0. The average molecular weight is 339 g/mol. The maximum absolute atomic E-state index is 11.8. The number of carbonyl (C=O) groups excluding carboxylic acids is 1. The Bertz CT molecular complexity index is 911. The van der Waals surface area contributed by atoms with Crippen molar-refractivity contribution < 1.29 is 19.4 Å². The molecule has 0 saturated heterocycles. The minimum absolute atomic E-state index is 0.197. The molecular formula is C20H21NO4. The molecule has 0 amide bonds. The van der Waals surface area contributed by atoms with Crippen molar-refractivity contribution in [1.82, 2.24) is 4.98 Å². The van der Waals surface area contributed by atoms with E-state index < -0.39 is 0 Å². The number of aromatic amines is 1. The first-order valence-corrected chi connectivity index (χ1v) is 8.28. The van der Waals surface area contributed by atoms with E-state index in [2.05, 4.69) is 4.98 Å². The molecule has 5 heteroatoms. The Hall–Kier alpha value is -2.95. The van der Waals surface area contributed by atoms with Crippen LogP contribution in [-0.2, 0) is 4.74 Å². The average Bonchev–Trinajstić information content (AvgIpc) is 3.00. The minimum Gasteiger partial charge on any atom is -0.508 e. The molecule has 1 aromatic heterocycles. The van der Waals surface area contributed by atoms with E-state index in [4.69, 9.17) is 9.47 Å². The SMILES string of the molecule is CCOC(=O)c1cc2cc(Oc3ccc(O)c(C(C)C)c3)ccc2[nH]1. The molecule has 5 nitrogen and oxygen atoms in total. The number of rotatable bonds is 5. The van der Waals surface area contributed by atoms with Gasteiger partial charge in [0.25, 0.3) is 0 Å². The van der Waals surface area contributed by atoms with Crippen molar-refractivity contribution in [2.45, 2.75) is 26.7 Å². The number of phenolic OH excluding ortho intramolecular Hbond substituents is 1. The highest BCUT2D eigenvalue weighted by molar-refractivity contribution is 5.95. The van der Waals surface area contributed by atoms with Gasteiger partial charge in [-0.1, -0.05) is 13.8 Å². The van der Waals surface area contributed by atoms with Gasteiger partial charge in [0.05, 0.1) is 6.61 Å². The highest BCUT2D eigenvalue weighted by Crippen LogP contribution is 2.32. The summed E-state index contributed by atoms with van der Waals surface area (Å²) < 4.78 is 10.9. The van der Waals surface area contributed by atoms with Gasteiger partial charge < -0.3 is 19.6 Å². The monoisotopic (exact) mass is 339 g/mol. The molecule has 0 spiro atoms. The predicted octanol–water partition coefficient (Wildman–Crippen LogP) is 4.97. The minimum atomic E-state index is -0.374. The maximum Gasteiger partial charge on any atom is 0.354 e. The van der Waals surface area contributed by atoms with Gasteiger partial charge >= 0.3 is 5.97 Å². The number of carbonyl (C=O) groups is 1. The number of ether oxygens (including phenoxy) is 2. The summed E-state index contributed by atoms with van der Waals surface area (Å²) in [5.74, 6) is 1.40. The molecular weight excluding hydrogens is 318 g/mol. The van der Waals surface area contributed by atoms with Gasteiger partial charge in [-0.2, -0.15) is 0 Å². The Morgan fingerprint density at radius 2 is 1.84 bits per heavy atom. The van der Waals surface area contributed by atoms with Gasteiger partial charge in [0.15, 0.2) is 0 Å². The standard InChI is InChI=1S/C20H21NO4/c1-4-24-20(23)18-10-13-9-14(5-7-17(13)21-18)25-15-6-8-19(22)16(11-15)12(2)3/h5-12,21-22H,4H2,1-3H3. The molecule has 25 heavy (non-hydrogen) atoms. The number of aromatic nitrogens is 1. The summed E-state index contributed by atoms with van der Waals surface area (Å²) in [5, 5.41) is 10.8. The number of esters is 1. The van der Waals surface area contributed by atoms with Gasteiger partial charge in [-0.05, 0) is 55.3 Å². The lowest BCUT2D eigenvalue weighted by atomic mass is 10.0. The molecule has 3 rings (SSSR count). The summed E-state index contributed by atoms with van der Waals surface area (Å²) in [6.45, 7) is 6.14. The van der Waals surface area contributed by atoms with Gasteiger partial charge in [-0.3, -0.25) is 0 Å². The van der Waals surface area contributed by atoms with Crippen LogP contribution < -0.4 is 4.74 Å². The Kier molecular flexibility index (Phi) is 4.65. The highest BCUT2D eigenvalue weighted by Gasteiger charge is 2.12. The predicted molar refractivity (Wildman–Crippen MR) is 96.5 cm³/mol. The smallest absolute Gasteiger partial charge is 0.354 e. The first-order chi connectivity index (χ1) is 12.0. The van der Waals surface area contributed by atoms with Crippen LogP contribution in [0.1, 0.15) is 42.7 Å². The van der Waals surface area contributed by atoms with Crippen LogP contribution in [0.5, 0.6) is 17.2 Å². The zero-order valence-electron chi connectivity index (χ0n) is 14.5. The van der Waals surface area contributed by atoms with E-state index in [1.165, 1.54) is 0 Å². The van der Waals surface area contributed by atoms with E-state index in [9.17, 15) is 9.90 Å². The second-order valence-electron chi connectivity index (χ2n) is 6.13.